The Morgan fingerprint density at radius 1 is 1.36 bits per heavy atom. The van der Waals surface area contributed by atoms with Crippen LogP contribution < -0.4 is 4.90 Å². The van der Waals surface area contributed by atoms with Gasteiger partial charge in [-0.05, 0) is 18.6 Å². The summed E-state index contributed by atoms with van der Waals surface area (Å²) in [6.07, 6.45) is 2.31. The second kappa shape index (κ2) is 7.87. The number of methoxy groups -OCH3 is 1. The fraction of sp³-hybridized carbons (Fsp3) is 0.643. The summed E-state index contributed by atoms with van der Waals surface area (Å²) in [5.41, 5.74) is 0. The largest absolute Gasteiger partial charge is 0.385 e. The molecule has 124 valence electrons. The quantitative estimate of drug-likeness (QED) is 0.681. The maximum atomic E-state index is 12.5. The van der Waals surface area contributed by atoms with Gasteiger partial charge in [-0.2, -0.15) is 4.31 Å². The van der Waals surface area contributed by atoms with E-state index in [4.69, 9.17) is 9.47 Å². The number of rotatable bonds is 7. The van der Waals surface area contributed by atoms with Gasteiger partial charge in [0.2, 0.25) is 10.0 Å². The second-order valence-electron chi connectivity index (χ2n) is 5.14. The molecule has 0 saturated carbocycles. The Balaban J connectivity index is 2.04. The number of ether oxygens (including phenoxy) is 2. The SMILES string of the molecule is COCCCN(C)c1ccc(S(=O)(=O)N2CCOCC2)cn1. The summed E-state index contributed by atoms with van der Waals surface area (Å²) in [6, 6.07) is 3.35. The van der Waals surface area contributed by atoms with Gasteiger partial charge in [-0.1, -0.05) is 0 Å². The lowest BCUT2D eigenvalue weighted by Gasteiger charge is -2.26. The molecule has 2 heterocycles. The number of nitrogens with zero attached hydrogens (tertiary/aromatic N) is 3. The molecule has 7 nitrogen and oxygen atoms in total. The van der Waals surface area contributed by atoms with Gasteiger partial charge in [-0.15, -0.1) is 0 Å². The Morgan fingerprint density at radius 2 is 2.09 bits per heavy atom. The van der Waals surface area contributed by atoms with Crippen LogP contribution in [0.15, 0.2) is 23.2 Å². The predicted molar refractivity (Wildman–Crippen MR) is 83.6 cm³/mol. The van der Waals surface area contributed by atoms with E-state index in [0.717, 1.165) is 18.8 Å². The lowest BCUT2D eigenvalue weighted by Crippen LogP contribution is -2.40. The highest BCUT2D eigenvalue weighted by molar-refractivity contribution is 7.89. The molecule has 0 spiro atoms. The van der Waals surface area contributed by atoms with Gasteiger partial charge in [0, 0.05) is 46.6 Å². The van der Waals surface area contributed by atoms with Crippen molar-refractivity contribution in [2.24, 2.45) is 0 Å². The van der Waals surface area contributed by atoms with E-state index in [9.17, 15) is 8.42 Å². The summed E-state index contributed by atoms with van der Waals surface area (Å²) in [6.45, 7) is 3.15. The molecule has 1 aromatic heterocycles. The van der Waals surface area contributed by atoms with Crippen LogP contribution in [0.25, 0.3) is 0 Å². The van der Waals surface area contributed by atoms with Gasteiger partial charge >= 0.3 is 0 Å². The summed E-state index contributed by atoms with van der Waals surface area (Å²) in [5, 5.41) is 0. The minimum atomic E-state index is -3.47. The molecule has 0 unspecified atom stereocenters. The van der Waals surface area contributed by atoms with E-state index in [1.165, 1.54) is 10.5 Å². The fourth-order valence-electron chi connectivity index (χ4n) is 2.25. The maximum absolute atomic E-state index is 12.5. The number of pyridine rings is 1. The Kier molecular flexibility index (Phi) is 6.13. The van der Waals surface area contributed by atoms with Crippen molar-refractivity contribution >= 4 is 15.8 Å². The first-order valence-corrected chi connectivity index (χ1v) is 8.74. The maximum Gasteiger partial charge on any atom is 0.244 e. The number of hydrogen-bond acceptors (Lipinski definition) is 6. The van der Waals surface area contributed by atoms with Crippen molar-refractivity contribution in [1.29, 1.82) is 0 Å². The van der Waals surface area contributed by atoms with Crippen molar-refractivity contribution in [3.8, 4) is 0 Å². The van der Waals surface area contributed by atoms with Crippen LogP contribution in [-0.2, 0) is 19.5 Å². The Labute approximate surface area is 131 Å². The molecule has 1 aromatic rings. The van der Waals surface area contributed by atoms with Gasteiger partial charge < -0.3 is 14.4 Å². The van der Waals surface area contributed by atoms with Crippen LogP contribution in [0.2, 0.25) is 0 Å². The van der Waals surface area contributed by atoms with E-state index in [-0.39, 0.29) is 4.90 Å². The number of anilines is 1. The van der Waals surface area contributed by atoms with Gasteiger partial charge in [-0.3, -0.25) is 0 Å². The highest BCUT2D eigenvalue weighted by atomic mass is 32.2. The molecule has 0 atom stereocenters. The van der Waals surface area contributed by atoms with E-state index in [2.05, 4.69) is 4.98 Å². The van der Waals surface area contributed by atoms with Crippen LogP contribution >= 0.6 is 0 Å². The van der Waals surface area contributed by atoms with Crippen molar-refractivity contribution in [1.82, 2.24) is 9.29 Å². The smallest absolute Gasteiger partial charge is 0.244 e. The van der Waals surface area contributed by atoms with Gasteiger partial charge in [0.15, 0.2) is 0 Å². The number of morpholine rings is 1. The standard InChI is InChI=1S/C14H23N3O4S/c1-16(6-3-9-20-2)14-5-4-13(12-15-14)22(18,19)17-7-10-21-11-8-17/h4-5,12H,3,6-11H2,1-2H3. The zero-order valence-corrected chi connectivity index (χ0v) is 13.9. The van der Waals surface area contributed by atoms with Gasteiger partial charge in [-0.25, -0.2) is 13.4 Å². The lowest BCUT2D eigenvalue weighted by atomic mass is 10.4. The first kappa shape index (κ1) is 17.1. The summed E-state index contributed by atoms with van der Waals surface area (Å²) >= 11 is 0. The number of aromatic nitrogens is 1. The Morgan fingerprint density at radius 3 is 2.68 bits per heavy atom. The third-order valence-corrected chi connectivity index (χ3v) is 5.44. The van der Waals surface area contributed by atoms with Crippen LogP contribution in [0.3, 0.4) is 0 Å². The molecule has 8 heteroatoms. The summed E-state index contributed by atoms with van der Waals surface area (Å²) in [5.74, 6) is 0.747. The van der Waals surface area contributed by atoms with E-state index < -0.39 is 10.0 Å². The minimum Gasteiger partial charge on any atom is -0.385 e. The van der Waals surface area contributed by atoms with Crippen LogP contribution in [0.5, 0.6) is 0 Å². The molecule has 1 aliphatic heterocycles. The molecular formula is C14H23N3O4S. The minimum absolute atomic E-state index is 0.225. The molecule has 22 heavy (non-hydrogen) atoms. The van der Waals surface area contributed by atoms with Crippen LogP contribution in [0.1, 0.15) is 6.42 Å². The van der Waals surface area contributed by atoms with Crippen LogP contribution in [-0.4, -0.2) is 71.3 Å². The third kappa shape index (κ3) is 4.16. The molecule has 0 N–H and O–H groups in total. The fourth-order valence-corrected chi connectivity index (χ4v) is 3.60. The summed E-state index contributed by atoms with van der Waals surface area (Å²) in [7, 11) is 0.122. The van der Waals surface area contributed by atoms with Crippen molar-refractivity contribution < 1.29 is 17.9 Å². The first-order chi connectivity index (χ1) is 10.6. The average molecular weight is 329 g/mol. The van der Waals surface area contributed by atoms with E-state index in [1.807, 2.05) is 11.9 Å². The molecule has 0 bridgehead atoms. The topological polar surface area (TPSA) is 72.0 Å². The Hall–Kier alpha value is -1.22. The lowest BCUT2D eigenvalue weighted by molar-refractivity contribution is 0.0730. The van der Waals surface area contributed by atoms with Crippen LogP contribution in [0, 0.1) is 0 Å². The second-order valence-corrected chi connectivity index (χ2v) is 7.07. The zero-order valence-electron chi connectivity index (χ0n) is 13.1. The van der Waals surface area contributed by atoms with E-state index in [1.54, 1.807) is 19.2 Å². The molecule has 1 fully saturated rings. The first-order valence-electron chi connectivity index (χ1n) is 7.29. The van der Waals surface area contributed by atoms with Crippen LogP contribution in [0.4, 0.5) is 5.82 Å². The molecule has 1 aliphatic rings. The monoisotopic (exact) mass is 329 g/mol. The molecular weight excluding hydrogens is 306 g/mol. The Bertz CT molecular complexity index is 556. The molecule has 1 saturated heterocycles. The average Bonchev–Trinajstić information content (AvgIpc) is 2.56. The van der Waals surface area contributed by atoms with Crippen molar-refractivity contribution in [2.45, 2.75) is 11.3 Å². The van der Waals surface area contributed by atoms with Gasteiger partial charge in [0.1, 0.15) is 10.7 Å². The predicted octanol–water partition coefficient (Wildman–Crippen LogP) is 0.575. The van der Waals surface area contributed by atoms with E-state index >= 15 is 0 Å². The molecule has 0 amide bonds. The third-order valence-electron chi connectivity index (χ3n) is 3.56. The van der Waals surface area contributed by atoms with E-state index in [0.29, 0.717) is 32.9 Å². The van der Waals surface area contributed by atoms with Gasteiger partial charge in [0.05, 0.1) is 13.2 Å². The summed E-state index contributed by atoms with van der Waals surface area (Å²) < 4.78 is 36.6. The zero-order chi connectivity index (χ0) is 16.0. The highest BCUT2D eigenvalue weighted by Gasteiger charge is 2.26. The van der Waals surface area contributed by atoms with Crippen molar-refractivity contribution in [2.75, 3.05) is 58.5 Å². The summed E-state index contributed by atoms with van der Waals surface area (Å²) in [4.78, 5) is 6.47. The number of hydrogen-bond donors (Lipinski definition) is 0. The van der Waals surface area contributed by atoms with Gasteiger partial charge in [0.25, 0.3) is 0 Å². The molecule has 0 radical (unpaired) electrons. The molecule has 2 rings (SSSR count). The normalized spacial score (nSPS) is 16.6. The van der Waals surface area contributed by atoms with Crippen molar-refractivity contribution in [3.63, 3.8) is 0 Å². The molecule has 0 aliphatic carbocycles. The number of sulfonamides is 1. The highest BCUT2D eigenvalue weighted by Crippen LogP contribution is 2.18. The molecule has 0 aromatic carbocycles. The van der Waals surface area contributed by atoms with Crippen molar-refractivity contribution in [3.05, 3.63) is 18.3 Å².